The molecule has 1 aromatic rings. The minimum absolute atomic E-state index is 0.0263. The van der Waals surface area contributed by atoms with Crippen LogP contribution in [0, 0.1) is 6.92 Å². The number of benzene rings is 1. The Bertz CT molecular complexity index is 402. The molecule has 0 aliphatic carbocycles. The number of aryl methyl sites for hydroxylation is 1. The van der Waals surface area contributed by atoms with E-state index in [2.05, 4.69) is 0 Å². The maximum atomic E-state index is 11.1. The van der Waals surface area contributed by atoms with Gasteiger partial charge in [0.05, 0.1) is 0 Å². The molecule has 0 saturated carbocycles. The van der Waals surface area contributed by atoms with E-state index in [0.29, 0.717) is 19.5 Å². The van der Waals surface area contributed by atoms with Crippen molar-refractivity contribution in [2.24, 2.45) is 5.73 Å². The van der Waals surface area contributed by atoms with E-state index in [1.807, 2.05) is 36.1 Å². The van der Waals surface area contributed by atoms with E-state index in [0.717, 1.165) is 5.56 Å². The van der Waals surface area contributed by atoms with Gasteiger partial charge in [-0.3, -0.25) is 9.69 Å². The maximum absolute atomic E-state index is 11.1. The molecule has 0 bridgehead atoms. The number of hydrogen-bond acceptors (Lipinski definition) is 3. The van der Waals surface area contributed by atoms with E-state index in [4.69, 9.17) is 10.8 Å². The Morgan fingerprint density at radius 1 is 1.47 bits per heavy atom. The van der Waals surface area contributed by atoms with Crippen LogP contribution in [0.4, 0.5) is 0 Å². The van der Waals surface area contributed by atoms with Gasteiger partial charge in [-0.2, -0.15) is 0 Å². The summed E-state index contributed by atoms with van der Waals surface area (Å²) in [4.78, 5) is 13.0. The molecule has 92 valence electrons. The predicted octanol–water partition coefficient (Wildman–Crippen LogP) is 0.981. The topological polar surface area (TPSA) is 66.6 Å². The Hall–Kier alpha value is -1.39. The highest BCUT2D eigenvalue weighted by Gasteiger charge is 2.34. The van der Waals surface area contributed by atoms with Gasteiger partial charge in [0.2, 0.25) is 0 Å². The average Bonchev–Trinajstić information content (AvgIpc) is 2.63. The normalized spacial score (nSPS) is 25.1. The lowest BCUT2D eigenvalue weighted by Crippen LogP contribution is -2.35. The lowest BCUT2D eigenvalue weighted by Gasteiger charge is -2.20. The molecule has 1 saturated heterocycles. The smallest absolute Gasteiger partial charge is 0.320 e. The highest BCUT2D eigenvalue weighted by Crippen LogP contribution is 2.19. The molecule has 0 radical (unpaired) electrons. The lowest BCUT2D eigenvalue weighted by molar-refractivity contribution is -0.142. The van der Waals surface area contributed by atoms with Crippen molar-refractivity contribution in [2.45, 2.75) is 32.0 Å². The number of likely N-dealkylation sites (tertiary alicyclic amines) is 1. The third kappa shape index (κ3) is 2.84. The number of carboxylic acid groups (broad SMARTS) is 1. The summed E-state index contributed by atoms with van der Waals surface area (Å²) in [5, 5.41) is 9.13. The van der Waals surface area contributed by atoms with Gasteiger partial charge in [0.25, 0.3) is 0 Å². The second-order valence-electron chi connectivity index (χ2n) is 4.76. The number of nitrogens with two attached hydrogens (primary N) is 1. The Balaban J connectivity index is 2.07. The number of carboxylic acids is 1. The molecule has 2 rings (SSSR count). The molecule has 4 nitrogen and oxygen atoms in total. The van der Waals surface area contributed by atoms with E-state index in [1.54, 1.807) is 0 Å². The van der Waals surface area contributed by atoms with Gasteiger partial charge in [-0.1, -0.05) is 29.8 Å². The maximum Gasteiger partial charge on any atom is 0.320 e. The monoisotopic (exact) mass is 234 g/mol. The van der Waals surface area contributed by atoms with E-state index in [1.165, 1.54) is 5.56 Å². The average molecular weight is 234 g/mol. The minimum atomic E-state index is -0.773. The molecular formula is C13H18N2O2. The SMILES string of the molecule is Cc1ccc(CN2CC(N)CC2C(=O)O)cc1. The first-order valence-corrected chi connectivity index (χ1v) is 5.84. The number of hydrogen-bond donors (Lipinski definition) is 2. The van der Waals surface area contributed by atoms with Crippen LogP contribution >= 0.6 is 0 Å². The molecular weight excluding hydrogens is 216 g/mol. The second-order valence-corrected chi connectivity index (χ2v) is 4.76. The zero-order valence-corrected chi connectivity index (χ0v) is 9.97. The Labute approximate surface area is 101 Å². The summed E-state index contributed by atoms with van der Waals surface area (Å²) < 4.78 is 0. The standard InChI is InChI=1S/C13H18N2O2/c1-9-2-4-10(5-3-9)7-15-8-11(14)6-12(15)13(16)17/h2-5,11-12H,6-8,14H2,1H3,(H,16,17). The van der Waals surface area contributed by atoms with Crippen LogP contribution in [0.3, 0.4) is 0 Å². The first kappa shape index (κ1) is 12.1. The molecule has 1 aromatic carbocycles. The van der Waals surface area contributed by atoms with E-state index in [9.17, 15) is 4.79 Å². The van der Waals surface area contributed by atoms with E-state index >= 15 is 0 Å². The van der Waals surface area contributed by atoms with Crippen molar-refractivity contribution in [2.75, 3.05) is 6.54 Å². The van der Waals surface area contributed by atoms with Gasteiger partial charge < -0.3 is 10.8 Å². The van der Waals surface area contributed by atoms with Crippen LogP contribution in [-0.2, 0) is 11.3 Å². The third-order valence-electron chi connectivity index (χ3n) is 3.23. The van der Waals surface area contributed by atoms with Gasteiger partial charge in [0.15, 0.2) is 0 Å². The highest BCUT2D eigenvalue weighted by molar-refractivity contribution is 5.74. The highest BCUT2D eigenvalue weighted by atomic mass is 16.4. The first-order valence-electron chi connectivity index (χ1n) is 5.84. The zero-order chi connectivity index (χ0) is 12.4. The van der Waals surface area contributed by atoms with E-state index < -0.39 is 12.0 Å². The molecule has 0 aromatic heterocycles. The van der Waals surface area contributed by atoms with Crippen molar-refractivity contribution in [1.82, 2.24) is 4.90 Å². The number of rotatable bonds is 3. The minimum Gasteiger partial charge on any atom is -0.480 e. The molecule has 17 heavy (non-hydrogen) atoms. The summed E-state index contributed by atoms with van der Waals surface area (Å²) in [6.45, 7) is 3.35. The Morgan fingerprint density at radius 2 is 2.12 bits per heavy atom. The van der Waals surface area contributed by atoms with Gasteiger partial charge in [-0.05, 0) is 18.9 Å². The largest absolute Gasteiger partial charge is 0.480 e. The summed E-state index contributed by atoms with van der Waals surface area (Å²) in [5.74, 6) is -0.773. The molecule has 4 heteroatoms. The Morgan fingerprint density at radius 3 is 2.71 bits per heavy atom. The fourth-order valence-electron chi connectivity index (χ4n) is 2.30. The number of carbonyl (C=O) groups is 1. The van der Waals surface area contributed by atoms with Crippen LogP contribution in [0.5, 0.6) is 0 Å². The zero-order valence-electron chi connectivity index (χ0n) is 9.97. The van der Waals surface area contributed by atoms with Crippen LogP contribution in [0.25, 0.3) is 0 Å². The summed E-state index contributed by atoms with van der Waals surface area (Å²) in [5.41, 5.74) is 8.17. The van der Waals surface area contributed by atoms with Crippen molar-refractivity contribution in [3.8, 4) is 0 Å². The molecule has 1 heterocycles. The molecule has 0 spiro atoms. The van der Waals surface area contributed by atoms with Gasteiger partial charge in [0.1, 0.15) is 6.04 Å². The molecule has 1 aliphatic heterocycles. The van der Waals surface area contributed by atoms with Gasteiger partial charge in [-0.25, -0.2) is 0 Å². The molecule has 1 aliphatic rings. The van der Waals surface area contributed by atoms with Crippen molar-refractivity contribution in [3.63, 3.8) is 0 Å². The van der Waals surface area contributed by atoms with Crippen LogP contribution in [0.15, 0.2) is 24.3 Å². The van der Waals surface area contributed by atoms with Gasteiger partial charge >= 0.3 is 5.97 Å². The van der Waals surface area contributed by atoms with Crippen molar-refractivity contribution in [1.29, 1.82) is 0 Å². The van der Waals surface area contributed by atoms with Crippen LogP contribution in [-0.4, -0.2) is 34.6 Å². The fraction of sp³-hybridized carbons (Fsp3) is 0.462. The molecule has 1 fully saturated rings. The first-order chi connectivity index (χ1) is 8.06. The van der Waals surface area contributed by atoms with Gasteiger partial charge in [-0.15, -0.1) is 0 Å². The predicted molar refractivity (Wildman–Crippen MR) is 65.6 cm³/mol. The summed E-state index contributed by atoms with van der Waals surface area (Å²) >= 11 is 0. The van der Waals surface area contributed by atoms with Gasteiger partial charge in [0, 0.05) is 19.1 Å². The van der Waals surface area contributed by atoms with Crippen LogP contribution in [0.2, 0.25) is 0 Å². The summed E-state index contributed by atoms with van der Waals surface area (Å²) in [6.07, 6.45) is 0.543. The molecule has 2 atom stereocenters. The molecule has 0 amide bonds. The summed E-state index contributed by atoms with van der Waals surface area (Å²) in [6, 6.07) is 7.70. The number of aliphatic carboxylic acids is 1. The number of nitrogens with zero attached hydrogens (tertiary/aromatic N) is 1. The summed E-state index contributed by atoms with van der Waals surface area (Å²) in [7, 11) is 0. The second kappa shape index (κ2) is 4.85. The fourth-order valence-corrected chi connectivity index (χ4v) is 2.30. The Kier molecular flexibility index (Phi) is 3.45. The molecule has 2 unspecified atom stereocenters. The van der Waals surface area contributed by atoms with Crippen LogP contribution < -0.4 is 5.73 Å². The quantitative estimate of drug-likeness (QED) is 0.818. The lowest BCUT2D eigenvalue weighted by atomic mass is 10.1. The van der Waals surface area contributed by atoms with Crippen molar-refractivity contribution < 1.29 is 9.90 Å². The van der Waals surface area contributed by atoms with Crippen molar-refractivity contribution >= 4 is 5.97 Å². The van der Waals surface area contributed by atoms with Crippen LogP contribution in [0.1, 0.15) is 17.5 Å². The third-order valence-corrected chi connectivity index (χ3v) is 3.23. The molecule has 3 N–H and O–H groups in total. The van der Waals surface area contributed by atoms with E-state index in [-0.39, 0.29) is 6.04 Å². The van der Waals surface area contributed by atoms with Crippen molar-refractivity contribution in [3.05, 3.63) is 35.4 Å².